The molecule has 0 saturated carbocycles. The highest BCUT2D eigenvalue weighted by molar-refractivity contribution is 5.45. The first-order valence-corrected chi connectivity index (χ1v) is 5.65. The molecule has 2 aromatic rings. The van der Waals surface area contributed by atoms with Crippen molar-refractivity contribution in [3.63, 3.8) is 0 Å². The second-order valence-electron chi connectivity index (χ2n) is 4.19. The maximum absolute atomic E-state index is 12.9. The summed E-state index contributed by atoms with van der Waals surface area (Å²) in [5.41, 5.74) is -0.924. The highest BCUT2D eigenvalue weighted by Gasteiger charge is 2.39. The molecule has 2 rings (SSSR count). The predicted octanol–water partition coefficient (Wildman–Crippen LogP) is 2.56. The Bertz CT molecular complexity index is 683. The van der Waals surface area contributed by atoms with Crippen LogP contribution in [0.1, 0.15) is 22.5 Å². The lowest BCUT2D eigenvalue weighted by atomic mass is 10.2. The summed E-state index contributed by atoms with van der Waals surface area (Å²) in [6, 6.07) is 8.08. The molecule has 0 bridgehead atoms. The minimum atomic E-state index is -4.75. The number of alkyl halides is 3. The van der Waals surface area contributed by atoms with Gasteiger partial charge in [0.25, 0.3) is 0 Å². The van der Waals surface area contributed by atoms with Crippen molar-refractivity contribution in [3.05, 3.63) is 46.8 Å². The largest absolute Gasteiger partial charge is 0.436 e. The summed E-state index contributed by atoms with van der Waals surface area (Å²) in [5, 5.41) is 21.6. The zero-order valence-corrected chi connectivity index (χ0v) is 10.4. The molecule has 0 aliphatic rings. The highest BCUT2D eigenvalue weighted by atomic mass is 19.4. The van der Waals surface area contributed by atoms with Gasteiger partial charge in [0, 0.05) is 0 Å². The fourth-order valence-electron chi connectivity index (χ4n) is 1.89. The van der Waals surface area contributed by atoms with Gasteiger partial charge in [-0.15, -0.1) is 0 Å². The molecule has 0 unspecified atom stereocenters. The van der Waals surface area contributed by atoms with Crippen LogP contribution in [0.3, 0.4) is 0 Å². The lowest BCUT2D eigenvalue weighted by molar-refractivity contribution is -0.141. The minimum absolute atomic E-state index is 0.176. The van der Waals surface area contributed by atoms with Crippen molar-refractivity contribution in [1.82, 2.24) is 9.78 Å². The molecule has 0 fully saturated rings. The number of rotatable bonds is 2. The quantitative estimate of drug-likeness (QED) is 0.920. The van der Waals surface area contributed by atoms with E-state index in [0.717, 1.165) is 10.2 Å². The Kier molecular flexibility index (Phi) is 3.51. The Labute approximate surface area is 112 Å². The van der Waals surface area contributed by atoms with Gasteiger partial charge in [0.1, 0.15) is 11.6 Å². The predicted molar refractivity (Wildman–Crippen MR) is 63.9 cm³/mol. The third kappa shape index (κ3) is 2.38. The van der Waals surface area contributed by atoms with Crippen molar-refractivity contribution >= 4 is 0 Å². The van der Waals surface area contributed by atoms with Crippen molar-refractivity contribution in [3.8, 4) is 11.8 Å². The number of hydrogen-bond acceptors (Lipinski definition) is 3. The zero-order chi connectivity index (χ0) is 14.9. The van der Waals surface area contributed by atoms with Crippen LogP contribution >= 0.6 is 0 Å². The van der Waals surface area contributed by atoms with Crippen molar-refractivity contribution < 1.29 is 18.3 Å². The van der Waals surface area contributed by atoms with Crippen LogP contribution in [0, 0.1) is 18.3 Å². The Hall–Kier alpha value is -2.33. The Balaban J connectivity index is 2.72. The van der Waals surface area contributed by atoms with Crippen LogP contribution in [0.2, 0.25) is 0 Å². The summed E-state index contributed by atoms with van der Waals surface area (Å²) >= 11 is 0. The van der Waals surface area contributed by atoms with Crippen LogP contribution < -0.4 is 0 Å². The molecule has 0 aliphatic carbocycles. The van der Waals surface area contributed by atoms with E-state index in [1.165, 1.54) is 6.07 Å². The molecule has 104 valence electrons. The number of hydrogen-bond donors (Lipinski definition) is 1. The van der Waals surface area contributed by atoms with Crippen molar-refractivity contribution in [2.24, 2.45) is 0 Å². The molecule has 0 spiro atoms. The third-order valence-electron chi connectivity index (χ3n) is 2.76. The van der Waals surface area contributed by atoms with Crippen molar-refractivity contribution in [2.75, 3.05) is 0 Å². The fraction of sp³-hybridized carbons (Fsp3) is 0.231. The van der Waals surface area contributed by atoms with Gasteiger partial charge in [-0.1, -0.05) is 12.1 Å². The maximum atomic E-state index is 12.9. The van der Waals surface area contributed by atoms with E-state index in [0.29, 0.717) is 5.69 Å². The molecular formula is C13H10F3N3O. The Morgan fingerprint density at radius 1 is 1.40 bits per heavy atom. The SMILES string of the molecule is Cc1cccc(-n2nc(C(F)(F)F)c(C#N)c2CO)c1. The molecule has 0 radical (unpaired) electrons. The van der Waals surface area contributed by atoms with Gasteiger partial charge in [-0.3, -0.25) is 0 Å². The van der Waals surface area contributed by atoms with Crippen LogP contribution in [-0.4, -0.2) is 14.9 Å². The van der Waals surface area contributed by atoms with Crippen molar-refractivity contribution in [2.45, 2.75) is 19.7 Å². The highest BCUT2D eigenvalue weighted by Crippen LogP contribution is 2.33. The van der Waals surface area contributed by atoms with Crippen LogP contribution in [-0.2, 0) is 12.8 Å². The zero-order valence-electron chi connectivity index (χ0n) is 10.4. The summed E-state index contributed by atoms with van der Waals surface area (Å²) < 4.78 is 39.5. The van der Waals surface area contributed by atoms with Crippen LogP contribution in [0.15, 0.2) is 24.3 Å². The van der Waals surface area contributed by atoms with E-state index >= 15 is 0 Å². The summed E-state index contributed by atoms with van der Waals surface area (Å²) in [7, 11) is 0. The maximum Gasteiger partial charge on any atom is 0.436 e. The number of halogens is 3. The van der Waals surface area contributed by atoms with E-state index in [2.05, 4.69) is 5.10 Å². The van der Waals surface area contributed by atoms with Gasteiger partial charge in [0.15, 0.2) is 5.69 Å². The van der Waals surface area contributed by atoms with Gasteiger partial charge >= 0.3 is 6.18 Å². The summed E-state index contributed by atoms with van der Waals surface area (Å²) in [5.74, 6) is 0. The normalized spacial score (nSPS) is 11.4. The average Bonchev–Trinajstić information content (AvgIpc) is 2.76. The lowest BCUT2D eigenvalue weighted by Crippen LogP contribution is -2.08. The molecule has 7 heteroatoms. The van der Waals surface area contributed by atoms with Crippen LogP contribution in [0.25, 0.3) is 5.69 Å². The number of aryl methyl sites for hydroxylation is 1. The molecule has 0 atom stereocenters. The Morgan fingerprint density at radius 3 is 2.60 bits per heavy atom. The van der Waals surface area contributed by atoms with E-state index in [1.54, 1.807) is 31.2 Å². The second-order valence-corrected chi connectivity index (χ2v) is 4.19. The topological polar surface area (TPSA) is 61.8 Å². The first kappa shape index (κ1) is 14.1. The molecule has 0 saturated heterocycles. The number of aliphatic hydroxyl groups excluding tert-OH is 1. The van der Waals surface area contributed by atoms with Gasteiger partial charge in [-0.25, -0.2) is 4.68 Å². The molecule has 0 aliphatic heterocycles. The van der Waals surface area contributed by atoms with Gasteiger partial charge in [-0.2, -0.15) is 23.5 Å². The van der Waals surface area contributed by atoms with E-state index in [-0.39, 0.29) is 5.69 Å². The fourth-order valence-corrected chi connectivity index (χ4v) is 1.89. The van der Waals surface area contributed by atoms with E-state index in [9.17, 15) is 18.3 Å². The number of nitriles is 1. The number of nitrogens with zero attached hydrogens (tertiary/aromatic N) is 3. The molecule has 1 aromatic carbocycles. The molecule has 1 aromatic heterocycles. The van der Waals surface area contributed by atoms with E-state index < -0.39 is 24.0 Å². The average molecular weight is 281 g/mol. The van der Waals surface area contributed by atoms with Gasteiger partial charge in [0.05, 0.1) is 18.0 Å². The standard InChI is InChI=1S/C13H10F3N3O/c1-8-3-2-4-9(5-8)19-11(7-20)10(6-17)12(18-19)13(14,15)16/h2-5,20H,7H2,1H3. The second kappa shape index (κ2) is 4.98. The third-order valence-corrected chi connectivity index (χ3v) is 2.76. The number of aliphatic hydroxyl groups is 1. The molecule has 20 heavy (non-hydrogen) atoms. The van der Waals surface area contributed by atoms with Gasteiger partial charge in [-0.05, 0) is 24.6 Å². The molecule has 4 nitrogen and oxygen atoms in total. The molecule has 1 N–H and O–H groups in total. The first-order chi connectivity index (χ1) is 9.38. The Morgan fingerprint density at radius 2 is 2.10 bits per heavy atom. The van der Waals surface area contributed by atoms with E-state index in [1.807, 2.05) is 0 Å². The number of aromatic nitrogens is 2. The molecular weight excluding hydrogens is 271 g/mol. The van der Waals surface area contributed by atoms with Crippen molar-refractivity contribution in [1.29, 1.82) is 5.26 Å². The molecule has 1 heterocycles. The first-order valence-electron chi connectivity index (χ1n) is 5.65. The van der Waals surface area contributed by atoms with E-state index in [4.69, 9.17) is 5.26 Å². The minimum Gasteiger partial charge on any atom is -0.390 e. The van der Waals surface area contributed by atoms with Crippen LogP contribution in [0.4, 0.5) is 13.2 Å². The summed E-state index contributed by atoms with van der Waals surface area (Å²) in [4.78, 5) is 0. The van der Waals surface area contributed by atoms with Crippen LogP contribution in [0.5, 0.6) is 0 Å². The smallest absolute Gasteiger partial charge is 0.390 e. The lowest BCUT2D eigenvalue weighted by Gasteiger charge is -2.06. The van der Waals surface area contributed by atoms with Gasteiger partial charge in [0.2, 0.25) is 0 Å². The molecule has 0 amide bonds. The number of benzene rings is 1. The summed E-state index contributed by atoms with van der Waals surface area (Å²) in [6.07, 6.45) is -4.75. The summed E-state index contributed by atoms with van der Waals surface area (Å²) in [6.45, 7) is 1.07. The van der Waals surface area contributed by atoms with Gasteiger partial charge < -0.3 is 5.11 Å². The monoisotopic (exact) mass is 281 g/mol.